The zero-order chi connectivity index (χ0) is 22.6. The van der Waals surface area contributed by atoms with E-state index in [4.69, 9.17) is 4.74 Å². The highest BCUT2D eigenvalue weighted by molar-refractivity contribution is 8.00. The number of ether oxygens (including phenoxy) is 2. The van der Waals surface area contributed by atoms with E-state index in [9.17, 15) is 14.4 Å². The summed E-state index contributed by atoms with van der Waals surface area (Å²) >= 11 is 1.70. The Morgan fingerprint density at radius 1 is 1.20 bits per heavy atom. The molecule has 1 saturated heterocycles. The van der Waals surface area contributed by atoms with Crippen LogP contribution in [0.3, 0.4) is 0 Å². The van der Waals surface area contributed by atoms with Crippen LogP contribution in [0.4, 0.5) is 0 Å². The molecule has 1 aliphatic heterocycles. The van der Waals surface area contributed by atoms with Gasteiger partial charge in [0.2, 0.25) is 5.91 Å². The third-order valence-electron chi connectivity index (χ3n) is 5.86. The molecule has 30 heavy (non-hydrogen) atoms. The van der Waals surface area contributed by atoms with E-state index in [0.717, 1.165) is 64.3 Å². The van der Waals surface area contributed by atoms with Crippen LogP contribution >= 0.6 is 11.8 Å². The summed E-state index contributed by atoms with van der Waals surface area (Å²) in [5.74, 6) is 0.340. The van der Waals surface area contributed by atoms with Gasteiger partial charge in [0.15, 0.2) is 0 Å². The molecule has 0 bridgehead atoms. The molecule has 0 aromatic heterocycles. The summed E-state index contributed by atoms with van der Waals surface area (Å²) < 4.78 is 10.4. The number of nitrogens with zero attached hydrogens (tertiary/aromatic N) is 1. The summed E-state index contributed by atoms with van der Waals surface area (Å²) in [5.41, 5.74) is -0.0700. The maximum Gasteiger partial charge on any atom is 0.305 e. The van der Waals surface area contributed by atoms with Gasteiger partial charge in [-0.15, -0.1) is 11.8 Å². The van der Waals surface area contributed by atoms with E-state index < -0.39 is 0 Å². The zero-order valence-corrected chi connectivity index (χ0v) is 20.4. The first-order chi connectivity index (χ1) is 14.2. The molecular weight excluding hydrogens is 402 g/mol. The molecule has 1 fully saturated rings. The smallest absolute Gasteiger partial charge is 0.305 e. The molecule has 2 unspecified atom stereocenters. The van der Waals surface area contributed by atoms with Crippen molar-refractivity contribution >= 4 is 29.6 Å². The Balaban J connectivity index is 2.50. The quantitative estimate of drug-likeness (QED) is 0.264. The number of thioether (sulfide) groups is 1. The van der Waals surface area contributed by atoms with E-state index in [1.54, 1.807) is 11.8 Å². The second-order valence-electron chi connectivity index (χ2n) is 8.86. The van der Waals surface area contributed by atoms with Crippen molar-refractivity contribution < 1.29 is 23.9 Å². The molecule has 0 radical (unpaired) electrons. The predicted molar refractivity (Wildman–Crippen MR) is 121 cm³/mol. The maximum absolute atomic E-state index is 12.4. The minimum absolute atomic E-state index is 0.0700. The van der Waals surface area contributed by atoms with Crippen LogP contribution in [0.15, 0.2) is 0 Å². The summed E-state index contributed by atoms with van der Waals surface area (Å²) in [7, 11) is 1.41. The van der Waals surface area contributed by atoms with E-state index in [0.29, 0.717) is 12.2 Å². The van der Waals surface area contributed by atoms with Gasteiger partial charge in [-0.1, -0.05) is 46.5 Å². The minimum atomic E-state index is -0.233. The Morgan fingerprint density at radius 2 is 1.90 bits per heavy atom. The van der Waals surface area contributed by atoms with Crippen LogP contribution in [0.5, 0.6) is 0 Å². The SMILES string of the molecule is CCCCC(C)(C)C(CCC1SCC(=O)N1CCCCCCC(=O)OC)OC(C)=O. The van der Waals surface area contributed by atoms with Crippen molar-refractivity contribution in [3.05, 3.63) is 0 Å². The molecule has 6 nitrogen and oxygen atoms in total. The largest absolute Gasteiger partial charge is 0.469 e. The molecule has 0 N–H and O–H groups in total. The Labute approximate surface area is 186 Å². The molecule has 1 rings (SSSR count). The highest BCUT2D eigenvalue weighted by Gasteiger charge is 2.35. The van der Waals surface area contributed by atoms with Crippen LogP contribution in [0.2, 0.25) is 0 Å². The fourth-order valence-corrected chi connectivity index (χ4v) is 5.12. The van der Waals surface area contributed by atoms with E-state index in [1.165, 1.54) is 14.0 Å². The Morgan fingerprint density at radius 3 is 2.53 bits per heavy atom. The van der Waals surface area contributed by atoms with Crippen molar-refractivity contribution in [1.82, 2.24) is 4.90 Å². The van der Waals surface area contributed by atoms with Gasteiger partial charge in [-0.05, 0) is 32.1 Å². The normalized spacial score (nSPS) is 17.8. The van der Waals surface area contributed by atoms with Gasteiger partial charge in [0.05, 0.1) is 18.2 Å². The van der Waals surface area contributed by atoms with E-state index in [2.05, 4.69) is 25.5 Å². The third kappa shape index (κ3) is 9.71. The van der Waals surface area contributed by atoms with Crippen LogP contribution in [-0.2, 0) is 23.9 Å². The van der Waals surface area contributed by atoms with Crippen LogP contribution < -0.4 is 0 Å². The second-order valence-corrected chi connectivity index (χ2v) is 10.0. The number of carbonyl (C=O) groups is 3. The topological polar surface area (TPSA) is 72.9 Å². The Bertz CT molecular complexity index is 552. The monoisotopic (exact) mass is 443 g/mol. The number of methoxy groups -OCH3 is 1. The fourth-order valence-electron chi connectivity index (χ4n) is 3.91. The molecule has 0 aromatic carbocycles. The van der Waals surface area contributed by atoms with Gasteiger partial charge in [-0.3, -0.25) is 14.4 Å². The van der Waals surface area contributed by atoms with Crippen LogP contribution in [0.1, 0.15) is 91.9 Å². The number of rotatable bonds is 15. The summed E-state index contributed by atoms with van der Waals surface area (Å²) in [4.78, 5) is 37.2. The number of hydrogen-bond acceptors (Lipinski definition) is 6. The molecule has 0 saturated carbocycles. The molecule has 1 amide bonds. The summed E-state index contributed by atoms with van der Waals surface area (Å²) in [5, 5.41) is 0.160. The molecular formula is C23H41NO5S. The molecule has 7 heteroatoms. The van der Waals surface area contributed by atoms with Gasteiger partial charge in [0, 0.05) is 25.3 Å². The van der Waals surface area contributed by atoms with Crippen molar-refractivity contribution in [1.29, 1.82) is 0 Å². The molecule has 0 spiro atoms. The molecule has 174 valence electrons. The van der Waals surface area contributed by atoms with Crippen LogP contribution in [0, 0.1) is 5.41 Å². The van der Waals surface area contributed by atoms with E-state index in [-0.39, 0.29) is 34.7 Å². The minimum Gasteiger partial charge on any atom is -0.469 e. The lowest BCUT2D eigenvalue weighted by atomic mass is 9.79. The van der Waals surface area contributed by atoms with Crippen molar-refractivity contribution in [2.24, 2.45) is 5.41 Å². The molecule has 1 heterocycles. The number of esters is 2. The first-order valence-electron chi connectivity index (χ1n) is 11.4. The first-order valence-corrected chi connectivity index (χ1v) is 12.4. The number of unbranched alkanes of at least 4 members (excludes halogenated alkanes) is 4. The summed E-state index contributed by atoms with van der Waals surface area (Å²) in [6, 6.07) is 0. The van der Waals surface area contributed by atoms with Gasteiger partial charge in [0.1, 0.15) is 6.10 Å². The molecule has 1 aliphatic rings. The molecule has 0 aromatic rings. The van der Waals surface area contributed by atoms with Crippen LogP contribution in [0.25, 0.3) is 0 Å². The molecule has 0 aliphatic carbocycles. The summed E-state index contributed by atoms with van der Waals surface area (Å²) in [6.07, 6.45) is 8.94. The second kappa shape index (κ2) is 13.9. The van der Waals surface area contributed by atoms with Gasteiger partial charge in [-0.2, -0.15) is 0 Å². The molecule has 2 atom stereocenters. The van der Waals surface area contributed by atoms with Gasteiger partial charge in [0.25, 0.3) is 0 Å². The van der Waals surface area contributed by atoms with Crippen molar-refractivity contribution in [2.75, 3.05) is 19.4 Å². The fraction of sp³-hybridized carbons (Fsp3) is 0.870. The average Bonchev–Trinajstić information content (AvgIpc) is 3.05. The number of hydrogen-bond donors (Lipinski definition) is 0. The Hall–Kier alpha value is -1.24. The van der Waals surface area contributed by atoms with Gasteiger partial charge >= 0.3 is 11.9 Å². The third-order valence-corrected chi connectivity index (χ3v) is 7.14. The van der Waals surface area contributed by atoms with Crippen molar-refractivity contribution in [3.63, 3.8) is 0 Å². The standard InChI is InChI=1S/C23H41NO5S/c1-6-7-15-23(3,4)19(29-18(2)25)13-14-21-24(20(26)17-30-21)16-11-9-8-10-12-22(27)28-5/h19,21H,6-17H2,1-5H3. The number of amides is 1. The lowest BCUT2D eigenvalue weighted by molar-refractivity contribution is -0.153. The lowest BCUT2D eigenvalue weighted by Crippen LogP contribution is -2.37. The van der Waals surface area contributed by atoms with Gasteiger partial charge < -0.3 is 14.4 Å². The lowest BCUT2D eigenvalue weighted by Gasteiger charge is -2.35. The zero-order valence-electron chi connectivity index (χ0n) is 19.5. The predicted octanol–water partition coefficient (Wildman–Crippen LogP) is 4.94. The van der Waals surface area contributed by atoms with Gasteiger partial charge in [-0.25, -0.2) is 0 Å². The number of carbonyl (C=O) groups excluding carboxylic acids is 3. The Kier molecular flexibility index (Phi) is 12.5. The first kappa shape index (κ1) is 26.8. The summed E-state index contributed by atoms with van der Waals surface area (Å²) in [6.45, 7) is 8.76. The van der Waals surface area contributed by atoms with Crippen molar-refractivity contribution in [3.8, 4) is 0 Å². The van der Waals surface area contributed by atoms with Crippen LogP contribution in [-0.4, -0.2) is 53.6 Å². The van der Waals surface area contributed by atoms with E-state index >= 15 is 0 Å². The average molecular weight is 444 g/mol. The van der Waals surface area contributed by atoms with E-state index in [1.807, 2.05) is 4.90 Å². The maximum atomic E-state index is 12.4. The highest BCUT2D eigenvalue weighted by Crippen LogP contribution is 2.36. The van der Waals surface area contributed by atoms with Crippen molar-refractivity contribution in [2.45, 2.75) is 103 Å². The highest BCUT2D eigenvalue weighted by atomic mass is 32.2.